The maximum Gasteiger partial charge on any atom is 0.262 e. The molecule has 0 spiro atoms. The third kappa shape index (κ3) is 5.07. The molecule has 0 N–H and O–H groups in total. The topological polar surface area (TPSA) is 60.9 Å². The Labute approximate surface area is 200 Å². The fraction of sp³-hybridized carbons (Fsp3) is 0.250. The Hall–Kier alpha value is -3.77. The van der Waals surface area contributed by atoms with Gasteiger partial charge in [-0.25, -0.2) is 0 Å². The Morgan fingerprint density at radius 2 is 1.24 bits per heavy atom. The molecule has 0 unspecified atom stereocenters. The summed E-state index contributed by atoms with van der Waals surface area (Å²) < 4.78 is 0. The van der Waals surface area contributed by atoms with E-state index in [1.165, 1.54) is 0 Å². The molecule has 6 heteroatoms. The highest BCUT2D eigenvalue weighted by Gasteiger charge is 2.43. The number of nitrogens with zero attached hydrogens (tertiary/aromatic N) is 3. The Kier molecular flexibility index (Phi) is 7.18. The van der Waals surface area contributed by atoms with Crippen molar-refractivity contribution in [1.82, 2.24) is 14.7 Å². The highest BCUT2D eigenvalue weighted by Crippen LogP contribution is 2.27. The van der Waals surface area contributed by atoms with Crippen molar-refractivity contribution in [3.63, 3.8) is 0 Å². The second-order valence-electron chi connectivity index (χ2n) is 8.78. The Morgan fingerprint density at radius 3 is 1.76 bits per heavy atom. The number of carbonyl (C=O) groups is 3. The molecule has 0 aliphatic carbocycles. The quantitative estimate of drug-likeness (QED) is 0.464. The van der Waals surface area contributed by atoms with Crippen LogP contribution in [0.15, 0.2) is 84.9 Å². The van der Waals surface area contributed by atoms with E-state index in [1.807, 2.05) is 79.7 Å². The van der Waals surface area contributed by atoms with Crippen molar-refractivity contribution < 1.29 is 14.4 Å². The van der Waals surface area contributed by atoms with E-state index in [9.17, 15) is 14.4 Å². The van der Waals surface area contributed by atoms with Gasteiger partial charge in [-0.1, -0.05) is 72.8 Å². The van der Waals surface area contributed by atoms with Crippen LogP contribution < -0.4 is 0 Å². The van der Waals surface area contributed by atoms with Crippen LogP contribution in [0.1, 0.15) is 31.8 Å². The van der Waals surface area contributed by atoms with E-state index in [4.69, 9.17) is 0 Å². The molecule has 1 heterocycles. The van der Waals surface area contributed by atoms with Crippen LogP contribution in [-0.4, -0.2) is 65.6 Å². The van der Waals surface area contributed by atoms with Crippen LogP contribution in [0.25, 0.3) is 0 Å². The summed E-state index contributed by atoms with van der Waals surface area (Å²) in [5.41, 5.74) is 2.59. The molecule has 3 aromatic carbocycles. The third-order valence-electron chi connectivity index (χ3n) is 6.04. The van der Waals surface area contributed by atoms with Crippen LogP contribution in [0.2, 0.25) is 0 Å². The molecular weight excluding hydrogens is 426 g/mol. The smallest absolute Gasteiger partial charge is 0.262 e. The number of imide groups is 1. The predicted molar refractivity (Wildman–Crippen MR) is 131 cm³/mol. The summed E-state index contributed by atoms with van der Waals surface area (Å²) in [5.74, 6) is -1.06. The van der Waals surface area contributed by atoms with Gasteiger partial charge in [0.2, 0.25) is 5.91 Å². The molecule has 1 aliphatic rings. The SMILES string of the molecule is CN(C)CCN(Cc1ccccc1)C(=O)[C@@H](Cc1ccccc1)N1C(=O)c2ccccc2C1=O. The van der Waals surface area contributed by atoms with Crippen molar-refractivity contribution in [2.24, 2.45) is 0 Å². The normalized spacial score (nSPS) is 13.8. The average molecular weight is 456 g/mol. The van der Waals surface area contributed by atoms with Crippen LogP contribution in [0.4, 0.5) is 0 Å². The number of hydrogen-bond acceptors (Lipinski definition) is 4. The monoisotopic (exact) mass is 455 g/mol. The first kappa shape index (κ1) is 23.4. The minimum Gasteiger partial charge on any atom is -0.335 e. The van der Waals surface area contributed by atoms with Gasteiger partial charge in [0.1, 0.15) is 6.04 Å². The van der Waals surface area contributed by atoms with Crippen LogP contribution in [0.5, 0.6) is 0 Å². The zero-order chi connectivity index (χ0) is 24.1. The minimum absolute atomic E-state index is 0.232. The van der Waals surface area contributed by atoms with Gasteiger partial charge in [-0.05, 0) is 37.4 Å². The molecular formula is C28H29N3O3. The van der Waals surface area contributed by atoms with E-state index < -0.39 is 17.9 Å². The number of amides is 3. The van der Waals surface area contributed by atoms with E-state index in [-0.39, 0.29) is 12.3 Å². The van der Waals surface area contributed by atoms with Crippen molar-refractivity contribution >= 4 is 17.7 Å². The number of likely N-dealkylation sites (N-methyl/N-ethyl adjacent to an activating group) is 1. The van der Waals surface area contributed by atoms with Gasteiger partial charge >= 0.3 is 0 Å². The first-order valence-corrected chi connectivity index (χ1v) is 11.4. The van der Waals surface area contributed by atoms with Crippen molar-refractivity contribution in [3.8, 4) is 0 Å². The molecule has 0 fully saturated rings. The van der Waals surface area contributed by atoms with Crippen LogP contribution >= 0.6 is 0 Å². The van der Waals surface area contributed by atoms with Gasteiger partial charge in [0.25, 0.3) is 11.8 Å². The zero-order valence-corrected chi connectivity index (χ0v) is 19.6. The molecule has 3 amide bonds. The van der Waals surface area contributed by atoms with Gasteiger partial charge in [-0.15, -0.1) is 0 Å². The summed E-state index contributed by atoms with van der Waals surface area (Å²) in [6.07, 6.45) is 0.262. The fourth-order valence-electron chi connectivity index (χ4n) is 4.22. The van der Waals surface area contributed by atoms with Gasteiger partial charge in [0, 0.05) is 26.1 Å². The van der Waals surface area contributed by atoms with Gasteiger partial charge in [-0.2, -0.15) is 0 Å². The molecule has 174 valence electrons. The zero-order valence-electron chi connectivity index (χ0n) is 19.6. The van der Waals surface area contributed by atoms with Gasteiger partial charge in [-0.3, -0.25) is 19.3 Å². The molecule has 0 saturated carbocycles. The van der Waals surface area contributed by atoms with Crippen molar-refractivity contribution in [3.05, 3.63) is 107 Å². The Morgan fingerprint density at radius 1 is 0.735 bits per heavy atom. The first-order valence-electron chi connectivity index (χ1n) is 11.4. The number of carbonyl (C=O) groups excluding carboxylic acids is 3. The summed E-state index contributed by atoms with van der Waals surface area (Å²) in [4.78, 5) is 45.6. The second-order valence-corrected chi connectivity index (χ2v) is 8.78. The van der Waals surface area contributed by atoms with E-state index in [0.29, 0.717) is 30.8 Å². The molecule has 0 radical (unpaired) electrons. The predicted octanol–water partition coefficient (Wildman–Crippen LogP) is 3.48. The molecule has 34 heavy (non-hydrogen) atoms. The van der Waals surface area contributed by atoms with Gasteiger partial charge in [0.15, 0.2) is 0 Å². The number of hydrogen-bond donors (Lipinski definition) is 0. The highest BCUT2D eigenvalue weighted by atomic mass is 16.2. The van der Waals surface area contributed by atoms with E-state index in [2.05, 4.69) is 0 Å². The summed E-state index contributed by atoms with van der Waals surface area (Å²) in [7, 11) is 3.91. The standard InChI is InChI=1S/C28H29N3O3/c1-29(2)17-18-30(20-22-13-7-4-8-14-22)28(34)25(19-21-11-5-3-6-12-21)31-26(32)23-15-9-10-16-24(23)27(31)33/h3-16,25H,17-20H2,1-2H3/t25-/m1/s1. The summed E-state index contributed by atoms with van der Waals surface area (Å²) in [5, 5.41) is 0. The average Bonchev–Trinajstić information content (AvgIpc) is 3.11. The third-order valence-corrected chi connectivity index (χ3v) is 6.04. The minimum atomic E-state index is -0.930. The van der Waals surface area contributed by atoms with Crippen molar-refractivity contribution in [2.75, 3.05) is 27.2 Å². The lowest BCUT2D eigenvalue weighted by Crippen LogP contribution is -2.52. The van der Waals surface area contributed by atoms with Gasteiger partial charge < -0.3 is 9.80 Å². The molecule has 0 bridgehead atoms. The van der Waals surface area contributed by atoms with E-state index >= 15 is 0 Å². The Bertz CT molecular complexity index is 1130. The number of fused-ring (bicyclic) bond motifs is 1. The molecule has 6 nitrogen and oxygen atoms in total. The van der Waals surface area contributed by atoms with Crippen LogP contribution in [0, 0.1) is 0 Å². The first-order chi connectivity index (χ1) is 16.5. The largest absolute Gasteiger partial charge is 0.335 e. The van der Waals surface area contributed by atoms with Crippen LogP contribution in [0.3, 0.4) is 0 Å². The molecule has 3 aromatic rings. The lowest BCUT2D eigenvalue weighted by molar-refractivity contribution is -0.136. The van der Waals surface area contributed by atoms with Crippen molar-refractivity contribution in [2.45, 2.75) is 19.0 Å². The summed E-state index contributed by atoms with van der Waals surface area (Å²) in [6.45, 7) is 1.55. The molecule has 1 atom stereocenters. The van der Waals surface area contributed by atoms with Gasteiger partial charge in [0.05, 0.1) is 11.1 Å². The maximum atomic E-state index is 14.1. The summed E-state index contributed by atoms with van der Waals surface area (Å²) >= 11 is 0. The van der Waals surface area contributed by atoms with Crippen LogP contribution in [-0.2, 0) is 17.8 Å². The Balaban J connectivity index is 1.69. The number of benzene rings is 3. The highest BCUT2D eigenvalue weighted by molar-refractivity contribution is 6.22. The van der Waals surface area contributed by atoms with Crippen molar-refractivity contribution in [1.29, 1.82) is 0 Å². The molecule has 1 aliphatic heterocycles. The lowest BCUT2D eigenvalue weighted by Gasteiger charge is -2.32. The molecule has 0 saturated heterocycles. The second kappa shape index (κ2) is 10.4. The fourth-order valence-corrected chi connectivity index (χ4v) is 4.22. The number of rotatable bonds is 9. The lowest BCUT2D eigenvalue weighted by atomic mass is 10.0. The van der Waals surface area contributed by atoms with E-state index in [0.717, 1.165) is 16.0 Å². The molecule has 4 rings (SSSR count). The molecule has 0 aromatic heterocycles. The maximum absolute atomic E-state index is 14.1. The van der Waals surface area contributed by atoms with E-state index in [1.54, 1.807) is 29.2 Å². The summed E-state index contributed by atoms with van der Waals surface area (Å²) in [6, 6.07) is 25.1.